The van der Waals surface area contributed by atoms with E-state index < -0.39 is 0 Å². The van der Waals surface area contributed by atoms with Crippen LogP contribution in [0.15, 0.2) is 23.2 Å². The zero-order valence-corrected chi connectivity index (χ0v) is 15.4. The van der Waals surface area contributed by atoms with Gasteiger partial charge in [0.15, 0.2) is 5.96 Å². The second-order valence-electron chi connectivity index (χ2n) is 7.25. The van der Waals surface area contributed by atoms with Gasteiger partial charge in [-0.15, -0.1) is 0 Å². The van der Waals surface area contributed by atoms with Crippen molar-refractivity contribution >= 4 is 11.8 Å². The minimum atomic E-state index is -0.157. The van der Waals surface area contributed by atoms with Gasteiger partial charge >= 0.3 is 0 Å². The van der Waals surface area contributed by atoms with Crippen molar-refractivity contribution in [2.45, 2.75) is 51.2 Å². The quantitative estimate of drug-likeness (QED) is 0.572. The van der Waals surface area contributed by atoms with Crippen LogP contribution in [0.1, 0.15) is 37.8 Å². The number of aromatic nitrogens is 1. The number of aliphatic imine (C=N–C) groups is 1. The molecule has 3 rings (SSSR count). The molecule has 1 saturated carbocycles. The lowest BCUT2D eigenvalue weighted by molar-refractivity contribution is 0.134. The van der Waals surface area contributed by atoms with Crippen molar-refractivity contribution in [2.75, 3.05) is 31.6 Å². The maximum Gasteiger partial charge on any atom is 0.191 e. The first-order valence-electron chi connectivity index (χ1n) is 9.49. The third kappa shape index (κ3) is 4.84. The predicted octanol–water partition coefficient (Wildman–Crippen LogP) is 1.68. The zero-order chi connectivity index (χ0) is 17.6. The Morgan fingerprint density at radius 2 is 2.08 bits per heavy atom. The van der Waals surface area contributed by atoms with Crippen LogP contribution in [0.4, 0.5) is 5.82 Å². The van der Waals surface area contributed by atoms with E-state index >= 15 is 0 Å². The largest absolute Gasteiger partial charge is 0.393 e. The molecule has 2 fully saturated rings. The number of anilines is 1. The van der Waals surface area contributed by atoms with E-state index in [1.54, 1.807) is 0 Å². The first-order valence-corrected chi connectivity index (χ1v) is 9.49. The highest BCUT2D eigenvalue weighted by molar-refractivity contribution is 5.80. The monoisotopic (exact) mass is 345 g/mol. The Bertz CT molecular complexity index is 583. The highest BCUT2D eigenvalue weighted by atomic mass is 16.3. The third-order valence-electron chi connectivity index (χ3n) is 5.41. The number of rotatable bonds is 4. The van der Waals surface area contributed by atoms with Crippen LogP contribution in [0.25, 0.3) is 0 Å². The lowest BCUT2D eigenvalue weighted by Crippen LogP contribution is -2.49. The smallest absolute Gasteiger partial charge is 0.191 e. The first kappa shape index (κ1) is 18.0. The Kier molecular flexibility index (Phi) is 6.13. The molecule has 2 atom stereocenters. The molecular weight excluding hydrogens is 314 g/mol. The number of aliphatic hydroxyl groups excluding tert-OH is 1. The first-order chi connectivity index (χ1) is 12.2. The normalized spacial score (nSPS) is 25.2. The number of piperidine rings is 1. The summed E-state index contributed by atoms with van der Waals surface area (Å²) in [5, 5.41) is 16.9. The van der Waals surface area contributed by atoms with Crippen LogP contribution < -0.4 is 15.5 Å². The van der Waals surface area contributed by atoms with Crippen LogP contribution in [0, 0.1) is 12.8 Å². The number of nitrogens with one attached hydrogen (secondary N) is 2. The van der Waals surface area contributed by atoms with Crippen molar-refractivity contribution in [1.29, 1.82) is 0 Å². The van der Waals surface area contributed by atoms with Gasteiger partial charge in [-0.25, -0.2) is 4.98 Å². The summed E-state index contributed by atoms with van der Waals surface area (Å²) in [6, 6.07) is 6.63. The van der Waals surface area contributed by atoms with Crippen molar-refractivity contribution in [1.82, 2.24) is 15.6 Å². The molecule has 1 aliphatic heterocycles. The summed E-state index contributed by atoms with van der Waals surface area (Å²) in [6.45, 7) is 4.85. The fourth-order valence-electron chi connectivity index (χ4n) is 3.83. The van der Waals surface area contributed by atoms with Gasteiger partial charge in [0.25, 0.3) is 0 Å². The van der Waals surface area contributed by atoms with E-state index in [2.05, 4.69) is 37.6 Å². The van der Waals surface area contributed by atoms with Crippen molar-refractivity contribution in [3.8, 4) is 0 Å². The van der Waals surface area contributed by atoms with Gasteiger partial charge in [-0.1, -0.05) is 12.5 Å². The van der Waals surface area contributed by atoms with Gasteiger partial charge in [0.1, 0.15) is 5.82 Å². The molecule has 2 unspecified atom stereocenters. The van der Waals surface area contributed by atoms with Gasteiger partial charge in [-0.05, 0) is 44.7 Å². The molecule has 0 bridgehead atoms. The molecule has 2 aliphatic rings. The summed E-state index contributed by atoms with van der Waals surface area (Å²) < 4.78 is 0. The molecule has 25 heavy (non-hydrogen) atoms. The molecule has 1 aliphatic carbocycles. The SMILES string of the molecule is CN=C(NCC1CCCC1O)NC1CCN(c2cccc(C)n2)CC1. The van der Waals surface area contributed by atoms with Crippen LogP contribution >= 0.6 is 0 Å². The maximum atomic E-state index is 9.94. The van der Waals surface area contributed by atoms with Crippen LogP contribution in [0.3, 0.4) is 0 Å². The van der Waals surface area contributed by atoms with Gasteiger partial charge in [0, 0.05) is 44.3 Å². The molecule has 6 heteroatoms. The maximum absolute atomic E-state index is 9.94. The number of aryl methyl sites for hydroxylation is 1. The van der Waals surface area contributed by atoms with Gasteiger partial charge < -0.3 is 20.6 Å². The fourth-order valence-corrected chi connectivity index (χ4v) is 3.83. The van der Waals surface area contributed by atoms with Gasteiger partial charge in [-0.3, -0.25) is 4.99 Å². The van der Waals surface area contributed by atoms with Gasteiger partial charge in [0.2, 0.25) is 0 Å². The average molecular weight is 345 g/mol. The number of pyridine rings is 1. The molecule has 0 aromatic carbocycles. The molecule has 1 aromatic heterocycles. The Labute approximate surface area is 150 Å². The highest BCUT2D eigenvalue weighted by Gasteiger charge is 2.26. The third-order valence-corrected chi connectivity index (χ3v) is 5.41. The van der Waals surface area contributed by atoms with Crippen molar-refractivity contribution in [3.63, 3.8) is 0 Å². The van der Waals surface area contributed by atoms with Crippen LogP contribution in [0.5, 0.6) is 0 Å². The molecule has 3 N–H and O–H groups in total. The molecule has 1 saturated heterocycles. The summed E-state index contributed by atoms with van der Waals surface area (Å²) in [5.41, 5.74) is 1.07. The lowest BCUT2D eigenvalue weighted by Gasteiger charge is -2.34. The molecule has 6 nitrogen and oxygen atoms in total. The van der Waals surface area contributed by atoms with Crippen LogP contribution in [0.2, 0.25) is 0 Å². The number of aliphatic hydroxyl groups is 1. The summed E-state index contributed by atoms with van der Waals surface area (Å²) in [6.07, 6.45) is 5.16. The van der Waals surface area contributed by atoms with Gasteiger partial charge in [-0.2, -0.15) is 0 Å². The Balaban J connectivity index is 1.44. The molecule has 138 valence electrons. The van der Waals surface area contributed by atoms with E-state index in [9.17, 15) is 5.11 Å². The van der Waals surface area contributed by atoms with Crippen LogP contribution in [-0.4, -0.2) is 54.9 Å². The van der Waals surface area contributed by atoms with Crippen molar-refractivity contribution in [2.24, 2.45) is 10.9 Å². The van der Waals surface area contributed by atoms with Crippen molar-refractivity contribution in [3.05, 3.63) is 23.9 Å². The summed E-state index contributed by atoms with van der Waals surface area (Å²) in [7, 11) is 1.81. The van der Waals surface area contributed by atoms with E-state index in [1.165, 1.54) is 0 Å². The summed E-state index contributed by atoms with van der Waals surface area (Å²) in [4.78, 5) is 11.3. The number of guanidine groups is 1. The van der Waals surface area contributed by atoms with E-state index in [0.717, 1.165) is 69.2 Å². The Hall–Kier alpha value is -1.82. The zero-order valence-electron chi connectivity index (χ0n) is 15.4. The minimum Gasteiger partial charge on any atom is -0.393 e. The number of hydrogen-bond acceptors (Lipinski definition) is 4. The summed E-state index contributed by atoms with van der Waals surface area (Å²) in [5.74, 6) is 2.29. The van der Waals surface area contributed by atoms with Crippen molar-refractivity contribution < 1.29 is 5.11 Å². The van der Waals surface area contributed by atoms with Crippen LogP contribution in [-0.2, 0) is 0 Å². The van der Waals surface area contributed by atoms with Gasteiger partial charge in [0.05, 0.1) is 6.10 Å². The average Bonchev–Trinajstić information content (AvgIpc) is 3.04. The molecule has 0 spiro atoms. The second kappa shape index (κ2) is 8.52. The minimum absolute atomic E-state index is 0.157. The molecule has 1 aromatic rings. The second-order valence-corrected chi connectivity index (χ2v) is 7.25. The fraction of sp³-hybridized carbons (Fsp3) is 0.684. The van der Waals surface area contributed by atoms with E-state index in [4.69, 9.17) is 0 Å². The topological polar surface area (TPSA) is 72.8 Å². The number of nitrogens with zero attached hydrogens (tertiary/aromatic N) is 3. The van der Waals surface area contributed by atoms with E-state index in [0.29, 0.717) is 12.0 Å². The standard InChI is InChI=1S/C19H31N5O/c1-14-5-3-8-18(22-14)24-11-9-16(10-12-24)23-19(20-2)21-13-15-6-4-7-17(15)25/h3,5,8,15-17,25H,4,6-7,9-13H2,1-2H3,(H2,20,21,23). The number of hydrogen-bond donors (Lipinski definition) is 3. The Morgan fingerprint density at radius 1 is 1.28 bits per heavy atom. The molecule has 0 radical (unpaired) electrons. The van der Waals surface area contributed by atoms with E-state index in [-0.39, 0.29) is 6.10 Å². The predicted molar refractivity (Wildman–Crippen MR) is 102 cm³/mol. The lowest BCUT2D eigenvalue weighted by atomic mass is 10.0. The molecule has 0 amide bonds. The van der Waals surface area contributed by atoms with E-state index in [1.807, 2.05) is 20.0 Å². The molecular formula is C19H31N5O. The Morgan fingerprint density at radius 3 is 2.72 bits per heavy atom. The molecule has 2 heterocycles. The highest BCUT2D eigenvalue weighted by Crippen LogP contribution is 2.24. The summed E-state index contributed by atoms with van der Waals surface area (Å²) >= 11 is 0.